The van der Waals surface area contributed by atoms with Crippen molar-refractivity contribution in [2.24, 2.45) is 0 Å². The molecule has 0 aliphatic rings. The molecule has 2 N–H and O–H groups in total. The Morgan fingerprint density at radius 2 is 1.94 bits per heavy atom. The van der Waals surface area contributed by atoms with Gasteiger partial charge in [-0.1, -0.05) is 0 Å². The zero-order valence-electron chi connectivity index (χ0n) is 9.81. The Morgan fingerprint density at radius 1 is 1.24 bits per heavy atom. The van der Waals surface area contributed by atoms with Gasteiger partial charge in [0.05, 0.1) is 29.8 Å². The first-order valence-corrected chi connectivity index (χ1v) is 7.15. The molecule has 0 aliphatic heterocycles. The van der Waals surface area contributed by atoms with Crippen molar-refractivity contribution in [1.29, 1.82) is 0 Å². The molecule has 0 saturated heterocycles. The molecule has 0 bridgehead atoms. The van der Waals surface area contributed by atoms with Crippen LogP contribution in [0.25, 0.3) is 0 Å². The lowest BCUT2D eigenvalue weighted by Crippen LogP contribution is -2.31. The first kappa shape index (κ1) is 14.9. The van der Waals surface area contributed by atoms with E-state index in [1.54, 1.807) is 11.3 Å². The number of aryl methyl sites for hydroxylation is 1. The van der Waals surface area contributed by atoms with Crippen LogP contribution in [-0.2, 0) is 12.3 Å². The molecular formula is C11H19ClN2O2S. The number of halogens is 1. The molecule has 0 aliphatic carbocycles. The van der Waals surface area contributed by atoms with Gasteiger partial charge in [0.1, 0.15) is 0 Å². The summed E-state index contributed by atoms with van der Waals surface area (Å²) in [5, 5.41) is 20.8. The van der Waals surface area contributed by atoms with Gasteiger partial charge in [0.15, 0.2) is 0 Å². The van der Waals surface area contributed by atoms with Crippen LogP contribution < -0.4 is 0 Å². The number of nitrogens with zero attached hydrogens (tertiary/aromatic N) is 2. The molecule has 0 saturated carbocycles. The standard InChI is InChI=1S/C11H19ClN2O2S/c12-8-10-9-17-11(13-10)2-1-3-14(4-6-15)5-7-16/h9,15-16H,1-8H2. The Hall–Kier alpha value is -0.200. The Labute approximate surface area is 111 Å². The monoisotopic (exact) mass is 278 g/mol. The zero-order valence-corrected chi connectivity index (χ0v) is 11.4. The van der Waals surface area contributed by atoms with Crippen LogP contribution in [0.15, 0.2) is 5.38 Å². The SMILES string of the molecule is OCCN(CCO)CCCc1nc(CCl)cs1. The smallest absolute Gasteiger partial charge is 0.0929 e. The summed E-state index contributed by atoms with van der Waals surface area (Å²) in [5.41, 5.74) is 0.939. The molecule has 0 amide bonds. The average Bonchev–Trinajstić information content (AvgIpc) is 2.77. The van der Waals surface area contributed by atoms with Gasteiger partial charge in [0.2, 0.25) is 0 Å². The average molecular weight is 279 g/mol. The minimum absolute atomic E-state index is 0.133. The van der Waals surface area contributed by atoms with E-state index in [-0.39, 0.29) is 13.2 Å². The van der Waals surface area contributed by atoms with Gasteiger partial charge < -0.3 is 10.2 Å². The highest BCUT2D eigenvalue weighted by atomic mass is 35.5. The number of hydrogen-bond donors (Lipinski definition) is 2. The summed E-state index contributed by atoms with van der Waals surface area (Å²) in [5.74, 6) is 0.470. The predicted octanol–water partition coefficient (Wildman–Crippen LogP) is 1.10. The highest BCUT2D eigenvalue weighted by Crippen LogP contribution is 2.13. The molecule has 1 rings (SSSR count). The second-order valence-corrected chi connectivity index (χ2v) is 4.97. The highest BCUT2D eigenvalue weighted by molar-refractivity contribution is 7.09. The third-order valence-corrected chi connectivity index (χ3v) is 3.66. The first-order valence-electron chi connectivity index (χ1n) is 5.73. The molecule has 98 valence electrons. The van der Waals surface area contributed by atoms with Gasteiger partial charge >= 0.3 is 0 Å². The summed E-state index contributed by atoms with van der Waals surface area (Å²) < 4.78 is 0. The van der Waals surface area contributed by atoms with Gasteiger partial charge in [-0.3, -0.25) is 4.90 Å². The van der Waals surface area contributed by atoms with Crippen molar-refractivity contribution in [3.8, 4) is 0 Å². The van der Waals surface area contributed by atoms with Crippen molar-refractivity contribution >= 4 is 22.9 Å². The van der Waals surface area contributed by atoms with Crippen LogP contribution >= 0.6 is 22.9 Å². The number of thiazole rings is 1. The summed E-state index contributed by atoms with van der Waals surface area (Å²) in [6.45, 7) is 2.37. The lowest BCUT2D eigenvalue weighted by Gasteiger charge is -2.19. The molecule has 0 spiro atoms. The van der Waals surface area contributed by atoms with E-state index in [9.17, 15) is 0 Å². The van der Waals surface area contributed by atoms with Crippen LogP contribution in [-0.4, -0.2) is 52.9 Å². The fourth-order valence-electron chi connectivity index (χ4n) is 1.60. The third-order valence-electron chi connectivity index (χ3n) is 2.43. The number of hydrogen-bond acceptors (Lipinski definition) is 5. The third kappa shape index (κ3) is 5.79. The van der Waals surface area contributed by atoms with Crippen molar-refractivity contribution in [1.82, 2.24) is 9.88 Å². The van der Waals surface area contributed by atoms with Gasteiger partial charge in [-0.05, 0) is 13.0 Å². The maximum Gasteiger partial charge on any atom is 0.0929 e. The van der Waals surface area contributed by atoms with Crippen LogP contribution in [0.3, 0.4) is 0 Å². The van der Waals surface area contributed by atoms with Crippen molar-refractivity contribution in [2.75, 3.05) is 32.8 Å². The summed E-state index contributed by atoms with van der Waals surface area (Å²) in [6, 6.07) is 0. The van der Waals surface area contributed by atoms with Gasteiger partial charge in [0, 0.05) is 24.9 Å². The molecule has 1 aromatic heterocycles. The lowest BCUT2D eigenvalue weighted by atomic mass is 10.3. The fourth-order valence-corrected chi connectivity index (χ4v) is 2.67. The van der Waals surface area contributed by atoms with Crippen molar-refractivity contribution in [2.45, 2.75) is 18.7 Å². The van der Waals surface area contributed by atoms with E-state index in [4.69, 9.17) is 21.8 Å². The first-order chi connectivity index (χ1) is 8.30. The number of alkyl halides is 1. The normalized spacial score (nSPS) is 11.3. The topological polar surface area (TPSA) is 56.6 Å². The quantitative estimate of drug-likeness (QED) is 0.664. The van der Waals surface area contributed by atoms with Crippen molar-refractivity contribution in [3.63, 3.8) is 0 Å². The lowest BCUT2D eigenvalue weighted by molar-refractivity contribution is 0.160. The Morgan fingerprint density at radius 3 is 2.47 bits per heavy atom. The maximum absolute atomic E-state index is 8.87. The molecule has 0 aromatic carbocycles. The molecule has 17 heavy (non-hydrogen) atoms. The summed E-state index contributed by atoms with van der Waals surface area (Å²) in [6.07, 6.45) is 1.91. The molecule has 0 radical (unpaired) electrons. The van der Waals surface area contributed by atoms with Gasteiger partial charge in [-0.2, -0.15) is 0 Å². The largest absolute Gasteiger partial charge is 0.395 e. The molecule has 0 unspecified atom stereocenters. The minimum atomic E-state index is 0.133. The van der Waals surface area contributed by atoms with Crippen LogP contribution in [0.1, 0.15) is 17.1 Å². The Balaban J connectivity index is 2.24. The fraction of sp³-hybridized carbons (Fsp3) is 0.727. The highest BCUT2D eigenvalue weighted by Gasteiger charge is 2.05. The Bertz CT molecular complexity index is 303. The van der Waals surface area contributed by atoms with E-state index in [1.165, 1.54) is 0 Å². The van der Waals surface area contributed by atoms with Crippen LogP contribution in [0.2, 0.25) is 0 Å². The molecule has 0 atom stereocenters. The van der Waals surface area contributed by atoms with Crippen molar-refractivity contribution in [3.05, 3.63) is 16.1 Å². The molecule has 1 aromatic rings. The van der Waals surface area contributed by atoms with Gasteiger partial charge in [-0.15, -0.1) is 22.9 Å². The molecular weight excluding hydrogens is 260 g/mol. The minimum Gasteiger partial charge on any atom is -0.395 e. The number of rotatable bonds is 9. The summed E-state index contributed by atoms with van der Waals surface area (Å²) in [4.78, 5) is 6.44. The van der Waals surface area contributed by atoms with Crippen LogP contribution in [0, 0.1) is 0 Å². The van der Waals surface area contributed by atoms with Gasteiger partial charge in [-0.25, -0.2) is 4.98 Å². The second-order valence-electron chi connectivity index (χ2n) is 3.76. The molecule has 6 heteroatoms. The molecule has 4 nitrogen and oxygen atoms in total. The van der Waals surface area contributed by atoms with Crippen LogP contribution in [0.5, 0.6) is 0 Å². The van der Waals surface area contributed by atoms with Crippen LogP contribution in [0.4, 0.5) is 0 Å². The summed E-state index contributed by atoms with van der Waals surface area (Å²) >= 11 is 7.33. The van der Waals surface area contributed by atoms with Crippen molar-refractivity contribution < 1.29 is 10.2 Å². The van der Waals surface area contributed by atoms with E-state index in [1.807, 2.05) is 5.38 Å². The number of aliphatic hydroxyl groups excluding tert-OH is 2. The van der Waals surface area contributed by atoms with Gasteiger partial charge in [0.25, 0.3) is 0 Å². The molecule has 1 heterocycles. The zero-order chi connectivity index (χ0) is 12.5. The van der Waals surface area contributed by atoms with E-state index in [2.05, 4.69) is 9.88 Å². The Kier molecular flexibility index (Phi) is 7.72. The van der Waals surface area contributed by atoms with E-state index in [0.29, 0.717) is 19.0 Å². The van der Waals surface area contributed by atoms with E-state index >= 15 is 0 Å². The maximum atomic E-state index is 8.87. The predicted molar refractivity (Wildman–Crippen MR) is 70.6 cm³/mol. The second kappa shape index (κ2) is 8.83. The van der Waals surface area contributed by atoms with E-state index in [0.717, 1.165) is 30.1 Å². The number of aliphatic hydroxyl groups is 2. The van der Waals surface area contributed by atoms with E-state index < -0.39 is 0 Å². The molecule has 0 fully saturated rings. The number of aromatic nitrogens is 1. The summed E-state index contributed by atoms with van der Waals surface area (Å²) in [7, 11) is 0.